The first-order chi connectivity index (χ1) is 5.77. The lowest BCUT2D eigenvalue weighted by molar-refractivity contribution is 0.0892. The fraction of sp³-hybridized carbons (Fsp3) is 1.00. The van der Waals surface area contributed by atoms with Gasteiger partial charge in [-0.05, 0) is 36.5 Å². The van der Waals surface area contributed by atoms with Gasteiger partial charge >= 0.3 is 0 Å². The van der Waals surface area contributed by atoms with Gasteiger partial charge in [-0.2, -0.15) is 0 Å². The van der Waals surface area contributed by atoms with Crippen molar-refractivity contribution in [1.82, 2.24) is 0 Å². The highest BCUT2D eigenvalue weighted by Gasteiger charge is 2.34. The van der Waals surface area contributed by atoms with E-state index in [9.17, 15) is 0 Å². The standard InChI is InChI=1S/C12H22/c1-9-6-7-12-10(2)4-3-5-11(12)8-9/h9-12H,3-8H2,1-2H3/t9-,10-,11-,12+/m0/s1. The largest absolute Gasteiger partial charge is 0.0625 e. The van der Waals surface area contributed by atoms with Crippen LogP contribution < -0.4 is 0 Å². The Morgan fingerprint density at radius 1 is 0.917 bits per heavy atom. The van der Waals surface area contributed by atoms with Gasteiger partial charge in [-0.3, -0.25) is 0 Å². The zero-order valence-electron chi connectivity index (χ0n) is 8.55. The van der Waals surface area contributed by atoms with E-state index in [2.05, 4.69) is 13.8 Å². The van der Waals surface area contributed by atoms with Gasteiger partial charge in [0.05, 0.1) is 0 Å². The van der Waals surface area contributed by atoms with E-state index in [0.29, 0.717) is 0 Å². The number of rotatable bonds is 0. The molecule has 0 radical (unpaired) electrons. The van der Waals surface area contributed by atoms with Crippen LogP contribution in [-0.4, -0.2) is 0 Å². The van der Waals surface area contributed by atoms with Gasteiger partial charge in [0.2, 0.25) is 0 Å². The molecule has 0 unspecified atom stereocenters. The highest BCUT2D eigenvalue weighted by atomic mass is 14.4. The molecule has 0 aliphatic heterocycles. The van der Waals surface area contributed by atoms with Crippen molar-refractivity contribution in [3.63, 3.8) is 0 Å². The van der Waals surface area contributed by atoms with Crippen molar-refractivity contribution >= 4 is 0 Å². The van der Waals surface area contributed by atoms with E-state index in [1.54, 1.807) is 6.42 Å². The molecule has 0 heterocycles. The van der Waals surface area contributed by atoms with Gasteiger partial charge in [0.15, 0.2) is 0 Å². The molecule has 0 N–H and O–H groups in total. The van der Waals surface area contributed by atoms with Gasteiger partial charge in [0.25, 0.3) is 0 Å². The molecule has 2 fully saturated rings. The van der Waals surface area contributed by atoms with E-state index in [-0.39, 0.29) is 0 Å². The third-order valence-corrected chi connectivity index (χ3v) is 4.27. The van der Waals surface area contributed by atoms with Gasteiger partial charge in [0.1, 0.15) is 0 Å². The second kappa shape index (κ2) is 3.40. The Hall–Kier alpha value is 0. The van der Waals surface area contributed by atoms with Gasteiger partial charge in [0, 0.05) is 0 Å². The molecule has 2 aliphatic rings. The minimum absolute atomic E-state index is 1.02. The fourth-order valence-electron chi connectivity index (χ4n) is 3.52. The van der Waals surface area contributed by atoms with Crippen LogP contribution in [0, 0.1) is 23.7 Å². The summed E-state index contributed by atoms with van der Waals surface area (Å²) in [6, 6.07) is 0. The number of hydrogen-bond donors (Lipinski definition) is 0. The summed E-state index contributed by atoms with van der Waals surface area (Å²) in [7, 11) is 0. The highest BCUT2D eigenvalue weighted by molar-refractivity contribution is 4.85. The molecule has 0 aromatic rings. The molecule has 0 heteroatoms. The summed E-state index contributed by atoms with van der Waals surface area (Å²) in [6.45, 7) is 4.92. The molecule has 0 aromatic heterocycles. The molecule has 0 saturated heterocycles. The molecular weight excluding hydrogens is 144 g/mol. The molecule has 2 rings (SSSR count). The van der Waals surface area contributed by atoms with Gasteiger partial charge in [-0.1, -0.05) is 39.5 Å². The Labute approximate surface area is 76.7 Å². The van der Waals surface area contributed by atoms with Crippen LogP contribution in [0.4, 0.5) is 0 Å². The van der Waals surface area contributed by atoms with E-state index in [4.69, 9.17) is 0 Å². The lowest BCUT2D eigenvalue weighted by Crippen LogP contribution is -2.31. The summed E-state index contributed by atoms with van der Waals surface area (Å²) in [4.78, 5) is 0. The van der Waals surface area contributed by atoms with Gasteiger partial charge < -0.3 is 0 Å². The summed E-state index contributed by atoms with van der Waals surface area (Å²) in [6.07, 6.45) is 9.14. The first-order valence-corrected chi connectivity index (χ1v) is 5.77. The first kappa shape index (κ1) is 8.59. The third kappa shape index (κ3) is 1.53. The predicted octanol–water partition coefficient (Wildman–Crippen LogP) is 3.86. The third-order valence-electron chi connectivity index (χ3n) is 4.27. The molecule has 2 saturated carbocycles. The second-order valence-corrected chi connectivity index (χ2v) is 5.25. The maximum atomic E-state index is 2.48. The zero-order valence-corrected chi connectivity index (χ0v) is 8.55. The van der Waals surface area contributed by atoms with E-state index in [0.717, 1.165) is 23.7 Å². The van der Waals surface area contributed by atoms with Crippen LogP contribution in [0.1, 0.15) is 52.4 Å². The average molecular weight is 166 g/mol. The molecule has 0 amide bonds. The van der Waals surface area contributed by atoms with E-state index in [1.807, 2.05) is 0 Å². The molecular formula is C12H22. The van der Waals surface area contributed by atoms with Crippen molar-refractivity contribution in [2.75, 3.05) is 0 Å². The van der Waals surface area contributed by atoms with Crippen LogP contribution in [0.2, 0.25) is 0 Å². The second-order valence-electron chi connectivity index (χ2n) is 5.25. The van der Waals surface area contributed by atoms with Crippen LogP contribution in [0.25, 0.3) is 0 Å². The zero-order chi connectivity index (χ0) is 8.55. The van der Waals surface area contributed by atoms with Crippen LogP contribution in [-0.2, 0) is 0 Å². The van der Waals surface area contributed by atoms with Crippen LogP contribution in [0.15, 0.2) is 0 Å². The smallest absolute Gasteiger partial charge is 0.0360 e. The van der Waals surface area contributed by atoms with Crippen LogP contribution >= 0.6 is 0 Å². The summed E-state index contributed by atoms with van der Waals surface area (Å²) in [5.74, 6) is 4.28. The Morgan fingerprint density at radius 3 is 2.58 bits per heavy atom. The van der Waals surface area contributed by atoms with Crippen molar-refractivity contribution in [1.29, 1.82) is 0 Å². The van der Waals surface area contributed by atoms with Crippen molar-refractivity contribution < 1.29 is 0 Å². The quantitative estimate of drug-likeness (QED) is 0.512. The Kier molecular flexibility index (Phi) is 2.43. The molecule has 12 heavy (non-hydrogen) atoms. The van der Waals surface area contributed by atoms with Gasteiger partial charge in [-0.15, -0.1) is 0 Å². The Morgan fingerprint density at radius 2 is 1.75 bits per heavy atom. The topological polar surface area (TPSA) is 0 Å². The molecule has 0 nitrogen and oxygen atoms in total. The van der Waals surface area contributed by atoms with Gasteiger partial charge in [-0.25, -0.2) is 0 Å². The van der Waals surface area contributed by atoms with E-state index < -0.39 is 0 Å². The predicted molar refractivity (Wildman–Crippen MR) is 53.0 cm³/mol. The van der Waals surface area contributed by atoms with E-state index in [1.165, 1.54) is 32.1 Å². The van der Waals surface area contributed by atoms with Crippen molar-refractivity contribution in [2.24, 2.45) is 23.7 Å². The molecule has 0 bridgehead atoms. The molecule has 0 spiro atoms. The SMILES string of the molecule is C[C@H]1CC[C@H]2[C@@H](CCC[C@@H]2C)C1. The minimum atomic E-state index is 1.02. The Balaban J connectivity index is 1.99. The summed E-state index contributed by atoms with van der Waals surface area (Å²) in [5.41, 5.74) is 0. The minimum Gasteiger partial charge on any atom is -0.0625 e. The lowest BCUT2D eigenvalue weighted by Gasteiger charge is -2.42. The molecule has 0 aromatic carbocycles. The maximum Gasteiger partial charge on any atom is -0.0360 e. The van der Waals surface area contributed by atoms with Crippen LogP contribution in [0.5, 0.6) is 0 Å². The van der Waals surface area contributed by atoms with Crippen molar-refractivity contribution in [3.8, 4) is 0 Å². The van der Waals surface area contributed by atoms with Crippen molar-refractivity contribution in [2.45, 2.75) is 52.4 Å². The molecule has 2 aliphatic carbocycles. The number of hydrogen-bond acceptors (Lipinski definition) is 0. The lowest BCUT2D eigenvalue weighted by atomic mass is 9.64. The van der Waals surface area contributed by atoms with E-state index >= 15 is 0 Å². The summed E-state index contributed by atoms with van der Waals surface area (Å²) in [5, 5.41) is 0. The maximum absolute atomic E-state index is 2.48. The highest BCUT2D eigenvalue weighted by Crippen LogP contribution is 2.45. The van der Waals surface area contributed by atoms with Crippen LogP contribution in [0.3, 0.4) is 0 Å². The first-order valence-electron chi connectivity index (χ1n) is 5.77. The van der Waals surface area contributed by atoms with Crippen molar-refractivity contribution in [3.05, 3.63) is 0 Å². The monoisotopic (exact) mass is 166 g/mol. The average Bonchev–Trinajstić information content (AvgIpc) is 2.04. The fourth-order valence-corrected chi connectivity index (χ4v) is 3.52. The number of fused-ring (bicyclic) bond motifs is 1. The summed E-state index contributed by atoms with van der Waals surface area (Å²) >= 11 is 0. The molecule has 70 valence electrons. The Bertz CT molecular complexity index is 150. The summed E-state index contributed by atoms with van der Waals surface area (Å²) < 4.78 is 0. The molecule has 4 atom stereocenters. The normalized spacial score (nSPS) is 48.5.